The minimum Gasteiger partial charge on any atom is -0.454 e. The molecule has 26 heavy (non-hydrogen) atoms. The minimum absolute atomic E-state index is 0.0386. The second-order valence-corrected chi connectivity index (χ2v) is 6.68. The molecular weight excluding hydrogens is 336 g/mol. The van der Waals surface area contributed by atoms with Crippen LogP contribution in [-0.4, -0.2) is 42.0 Å². The molecule has 4 rings (SSSR count). The van der Waals surface area contributed by atoms with Gasteiger partial charge in [-0.25, -0.2) is 0 Å². The molecule has 1 atom stereocenters. The molecule has 0 radical (unpaired) electrons. The van der Waals surface area contributed by atoms with Gasteiger partial charge in [0.15, 0.2) is 17.3 Å². The van der Waals surface area contributed by atoms with Gasteiger partial charge in [-0.2, -0.15) is 0 Å². The lowest BCUT2D eigenvalue weighted by Crippen LogP contribution is -2.43. The Hall–Kier alpha value is -2.54. The van der Waals surface area contributed by atoms with Crippen molar-refractivity contribution in [1.29, 1.82) is 0 Å². The van der Waals surface area contributed by atoms with Gasteiger partial charge < -0.3 is 23.6 Å². The highest BCUT2D eigenvalue weighted by atomic mass is 16.7. The summed E-state index contributed by atoms with van der Waals surface area (Å²) < 4.78 is 21.6. The molecule has 1 aromatic heterocycles. The molecular formula is C19H22N2O5. The van der Waals surface area contributed by atoms with Gasteiger partial charge in [0.05, 0.1) is 6.61 Å². The lowest BCUT2D eigenvalue weighted by atomic mass is 10.0. The number of carbonyl (C=O) groups is 1. The van der Waals surface area contributed by atoms with Crippen molar-refractivity contribution in [2.75, 3.05) is 19.9 Å². The van der Waals surface area contributed by atoms with Crippen LogP contribution in [0.2, 0.25) is 0 Å². The summed E-state index contributed by atoms with van der Waals surface area (Å²) in [6.07, 6.45) is 3.32. The van der Waals surface area contributed by atoms with Gasteiger partial charge in [-0.3, -0.25) is 4.79 Å². The third-order valence-electron chi connectivity index (χ3n) is 4.81. The van der Waals surface area contributed by atoms with Crippen LogP contribution >= 0.6 is 0 Å². The number of aromatic nitrogens is 1. The summed E-state index contributed by atoms with van der Waals surface area (Å²) in [5.41, 5.74) is 1.50. The summed E-state index contributed by atoms with van der Waals surface area (Å²) in [5, 5.41) is 4.01. The number of hydrogen-bond donors (Lipinski definition) is 0. The fourth-order valence-corrected chi connectivity index (χ4v) is 3.36. The van der Waals surface area contributed by atoms with Gasteiger partial charge in [-0.1, -0.05) is 5.16 Å². The van der Waals surface area contributed by atoms with Crippen molar-refractivity contribution < 1.29 is 23.5 Å². The highest BCUT2D eigenvalue weighted by molar-refractivity contribution is 5.77. The first kappa shape index (κ1) is 16.9. The predicted molar refractivity (Wildman–Crippen MR) is 92.7 cm³/mol. The number of fused-ring (bicyclic) bond motifs is 1. The number of amides is 1. The van der Waals surface area contributed by atoms with E-state index in [1.54, 1.807) is 0 Å². The maximum absolute atomic E-state index is 12.3. The van der Waals surface area contributed by atoms with Gasteiger partial charge in [-0.15, -0.1) is 0 Å². The summed E-state index contributed by atoms with van der Waals surface area (Å²) >= 11 is 0. The molecule has 1 unspecified atom stereocenters. The van der Waals surface area contributed by atoms with Crippen molar-refractivity contribution in [2.45, 2.75) is 38.8 Å². The van der Waals surface area contributed by atoms with Crippen LogP contribution in [0.5, 0.6) is 11.5 Å². The van der Waals surface area contributed by atoms with E-state index in [0.29, 0.717) is 23.2 Å². The molecule has 0 spiro atoms. The molecule has 1 fully saturated rings. The van der Waals surface area contributed by atoms with Crippen LogP contribution in [0.1, 0.15) is 31.9 Å². The van der Waals surface area contributed by atoms with E-state index >= 15 is 0 Å². The van der Waals surface area contributed by atoms with Gasteiger partial charge in [0, 0.05) is 24.2 Å². The number of carbonyl (C=O) groups excluding carboxylic acids is 1. The van der Waals surface area contributed by atoms with E-state index in [2.05, 4.69) is 12.1 Å². The van der Waals surface area contributed by atoms with E-state index < -0.39 is 0 Å². The second-order valence-electron chi connectivity index (χ2n) is 6.68. The van der Waals surface area contributed by atoms with Gasteiger partial charge in [0.2, 0.25) is 12.7 Å². The van der Waals surface area contributed by atoms with Crippen molar-refractivity contribution in [1.82, 2.24) is 10.1 Å². The Morgan fingerprint density at radius 2 is 2.15 bits per heavy atom. The van der Waals surface area contributed by atoms with Crippen LogP contribution in [-0.2, 0) is 16.1 Å². The maximum atomic E-state index is 12.3. The zero-order chi connectivity index (χ0) is 17.9. The van der Waals surface area contributed by atoms with Gasteiger partial charge in [0.1, 0.15) is 12.3 Å². The molecule has 138 valence electrons. The van der Waals surface area contributed by atoms with Crippen molar-refractivity contribution >= 4 is 5.91 Å². The predicted octanol–water partition coefficient (Wildman–Crippen LogP) is 2.99. The number of likely N-dealkylation sites (tertiary alicyclic amines) is 1. The Kier molecular flexibility index (Phi) is 4.79. The Morgan fingerprint density at radius 3 is 3.04 bits per heavy atom. The summed E-state index contributed by atoms with van der Waals surface area (Å²) in [4.78, 5) is 14.2. The van der Waals surface area contributed by atoms with E-state index in [1.807, 2.05) is 29.2 Å². The van der Waals surface area contributed by atoms with Crippen LogP contribution in [0, 0.1) is 0 Å². The molecule has 0 N–H and O–H groups in total. The van der Waals surface area contributed by atoms with Crippen LogP contribution in [0.3, 0.4) is 0 Å². The van der Waals surface area contributed by atoms with E-state index in [1.165, 1.54) is 6.42 Å². The Morgan fingerprint density at radius 1 is 1.27 bits per heavy atom. The molecule has 3 heterocycles. The zero-order valence-electron chi connectivity index (χ0n) is 14.8. The smallest absolute Gasteiger partial charge is 0.248 e. The van der Waals surface area contributed by atoms with Gasteiger partial charge in [0.25, 0.3) is 0 Å². The van der Waals surface area contributed by atoms with Gasteiger partial charge >= 0.3 is 0 Å². The fraction of sp³-hybridized carbons (Fsp3) is 0.474. The summed E-state index contributed by atoms with van der Waals surface area (Å²) in [5.74, 6) is 2.08. The molecule has 0 saturated carbocycles. The third-order valence-corrected chi connectivity index (χ3v) is 4.81. The maximum Gasteiger partial charge on any atom is 0.248 e. The normalized spacial score (nSPS) is 19.0. The number of rotatable bonds is 5. The van der Waals surface area contributed by atoms with E-state index in [-0.39, 0.29) is 25.9 Å². The Balaban J connectivity index is 1.32. The van der Waals surface area contributed by atoms with Crippen molar-refractivity contribution in [3.63, 3.8) is 0 Å². The second kappa shape index (κ2) is 7.37. The summed E-state index contributed by atoms with van der Waals surface area (Å²) in [6, 6.07) is 7.69. The van der Waals surface area contributed by atoms with Crippen LogP contribution < -0.4 is 9.47 Å². The summed E-state index contributed by atoms with van der Waals surface area (Å²) in [7, 11) is 0. The van der Waals surface area contributed by atoms with Crippen molar-refractivity contribution in [2.24, 2.45) is 0 Å². The fourth-order valence-electron chi connectivity index (χ4n) is 3.36. The van der Waals surface area contributed by atoms with E-state index in [4.69, 9.17) is 18.7 Å². The largest absolute Gasteiger partial charge is 0.454 e. The minimum atomic E-state index is 0.0386. The van der Waals surface area contributed by atoms with Crippen molar-refractivity contribution in [3.05, 3.63) is 30.0 Å². The molecule has 7 heteroatoms. The molecule has 0 bridgehead atoms. The number of ether oxygens (including phenoxy) is 3. The molecule has 1 saturated heterocycles. The van der Waals surface area contributed by atoms with Gasteiger partial charge in [-0.05, 0) is 44.4 Å². The zero-order valence-corrected chi connectivity index (χ0v) is 14.8. The lowest BCUT2D eigenvalue weighted by Gasteiger charge is -2.33. The van der Waals surface area contributed by atoms with E-state index in [9.17, 15) is 4.79 Å². The number of hydrogen-bond acceptors (Lipinski definition) is 6. The molecule has 0 aliphatic carbocycles. The first-order valence-electron chi connectivity index (χ1n) is 8.93. The highest BCUT2D eigenvalue weighted by Crippen LogP contribution is 2.36. The van der Waals surface area contributed by atoms with Crippen LogP contribution in [0.4, 0.5) is 0 Å². The molecule has 1 aromatic carbocycles. The molecule has 2 aromatic rings. The Labute approximate surface area is 151 Å². The average molecular weight is 358 g/mol. The number of benzene rings is 1. The molecule has 7 nitrogen and oxygen atoms in total. The Bertz CT molecular complexity index is 788. The SMILES string of the molecule is CC1CCCCN1C(=O)COCc1cc(-c2ccc3c(c2)OCO3)on1. The number of piperidine rings is 1. The number of nitrogens with zero attached hydrogens (tertiary/aromatic N) is 2. The van der Waals surface area contributed by atoms with Crippen molar-refractivity contribution in [3.8, 4) is 22.8 Å². The molecule has 2 aliphatic heterocycles. The first-order valence-corrected chi connectivity index (χ1v) is 8.93. The lowest BCUT2D eigenvalue weighted by molar-refractivity contribution is -0.139. The standard InChI is InChI=1S/C19H22N2O5/c1-13-4-2-3-7-21(13)19(22)11-23-10-15-9-17(26-20-15)14-5-6-16-18(8-14)25-12-24-16/h5-6,8-9,13H,2-4,7,10-12H2,1H3. The van der Waals surface area contributed by atoms with Crippen LogP contribution in [0.15, 0.2) is 28.8 Å². The topological polar surface area (TPSA) is 74.0 Å². The molecule has 2 aliphatic rings. The summed E-state index contributed by atoms with van der Waals surface area (Å²) in [6.45, 7) is 3.45. The van der Waals surface area contributed by atoms with E-state index in [0.717, 1.165) is 30.7 Å². The highest BCUT2D eigenvalue weighted by Gasteiger charge is 2.23. The van der Waals surface area contributed by atoms with Crippen LogP contribution in [0.25, 0.3) is 11.3 Å². The monoisotopic (exact) mass is 358 g/mol. The third kappa shape index (κ3) is 3.53. The quantitative estimate of drug-likeness (QED) is 0.818. The average Bonchev–Trinajstić information content (AvgIpc) is 3.30. The molecule has 1 amide bonds. The first-order chi connectivity index (χ1) is 12.7.